The molecule has 6 N–H and O–H groups in total. The predicted molar refractivity (Wildman–Crippen MR) is 139 cm³/mol. The molecule has 2 fully saturated rings. The van der Waals surface area contributed by atoms with Crippen molar-refractivity contribution in [3.05, 3.63) is 47.9 Å². The van der Waals surface area contributed by atoms with E-state index in [9.17, 15) is 18.7 Å². The molecule has 11 heteroatoms. The number of carbonyl (C=O) groups excluding carboxylic acids is 1. The first-order valence-electron chi connectivity index (χ1n) is 12.7. The topological polar surface area (TPSA) is 130 Å². The number of aliphatic hydroxyl groups excluding tert-OH is 1. The number of carbonyl (C=O) groups is 1. The Balaban J connectivity index is 1.49. The second kappa shape index (κ2) is 11.7. The van der Waals surface area contributed by atoms with E-state index in [1.54, 1.807) is 11.6 Å². The molecule has 0 saturated heterocycles. The minimum atomic E-state index is -0.744. The largest absolute Gasteiger partial charge is 0.393 e. The van der Waals surface area contributed by atoms with Crippen molar-refractivity contribution in [2.45, 2.75) is 69.6 Å². The van der Waals surface area contributed by atoms with Gasteiger partial charge < -0.3 is 26.8 Å². The molecule has 0 radical (unpaired) electrons. The number of nitrogens with two attached hydrogens (primary N) is 1. The number of anilines is 3. The Bertz CT molecular complexity index is 1150. The third-order valence-electron chi connectivity index (χ3n) is 7.24. The van der Waals surface area contributed by atoms with Gasteiger partial charge in [-0.05, 0) is 63.5 Å². The van der Waals surface area contributed by atoms with E-state index in [1.807, 2.05) is 0 Å². The number of hydrogen-bond donors (Lipinski definition) is 5. The molecule has 2 saturated carbocycles. The van der Waals surface area contributed by atoms with Gasteiger partial charge in [-0.1, -0.05) is 6.58 Å². The second-order valence-electron chi connectivity index (χ2n) is 9.80. The zero-order valence-electron chi connectivity index (χ0n) is 21.0. The number of halogens is 2. The number of nitrogens with one attached hydrogen (secondary N) is 3. The van der Waals surface area contributed by atoms with Gasteiger partial charge in [0, 0.05) is 31.1 Å². The first-order chi connectivity index (χ1) is 17.7. The summed E-state index contributed by atoms with van der Waals surface area (Å²) < 4.78 is 29.6. The summed E-state index contributed by atoms with van der Waals surface area (Å²) in [5, 5.41) is 18.9. The Morgan fingerprint density at radius 1 is 1.19 bits per heavy atom. The van der Waals surface area contributed by atoms with Gasteiger partial charge in [-0.3, -0.25) is 9.36 Å². The van der Waals surface area contributed by atoms with Crippen LogP contribution in [0.3, 0.4) is 0 Å². The van der Waals surface area contributed by atoms with Gasteiger partial charge in [0.2, 0.25) is 11.9 Å². The van der Waals surface area contributed by atoms with Gasteiger partial charge in [0.05, 0.1) is 18.0 Å². The van der Waals surface area contributed by atoms with Crippen LogP contribution in [0.2, 0.25) is 0 Å². The van der Waals surface area contributed by atoms with E-state index in [4.69, 9.17) is 5.73 Å². The molecular formula is C26H35F2N7O2. The van der Waals surface area contributed by atoms with Crippen molar-refractivity contribution in [3.63, 3.8) is 0 Å². The number of benzene rings is 1. The number of nitrogens with zero attached hydrogens (tertiary/aromatic N) is 3. The highest BCUT2D eigenvalue weighted by Crippen LogP contribution is 2.35. The summed E-state index contributed by atoms with van der Waals surface area (Å²) in [7, 11) is 1.66. The average molecular weight is 516 g/mol. The first kappa shape index (κ1) is 26.6. The van der Waals surface area contributed by atoms with Crippen LogP contribution in [0.1, 0.15) is 63.1 Å². The molecular weight excluding hydrogens is 480 g/mol. The summed E-state index contributed by atoms with van der Waals surface area (Å²) in [5.74, 6) is -0.164. The summed E-state index contributed by atoms with van der Waals surface area (Å²) in [6.07, 6.45) is 7.07. The lowest BCUT2D eigenvalue weighted by Gasteiger charge is -2.28. The number of aliphatic imine (C=N–C) groups is 1. The van der Waals surface area contributed by atoms with E-state index in [0.29, 0.717) is 49.0 Å². The summed E-state index contributed by atoms with van der Waals surface area (Å²) in [6.45, 7) is 3.99. The molecule has 1 heterocycles. The van der Waals surface area contributed by atoms with Crippen LogP contribution >= 0.6 is 0 Å². The Hall–Kier alpha value is -3.47. The highest BCUT2D eigenvalue weighted by Gasteiger charge is 2.27. The minimum Gasteiger partial charge on any atom is -0.393 e. The van der Waals surface area contributed by atoms with Crippen LogP contribution in [-0.4, -0.2) is 46.0 Å². The van der Waals surface area contributed by atoms with Crippen molar-refractivity contribution >= 4 is 29.6 Å². The monoisotopic (exact) mass is 515 g/mol. The average Bonchev–Trinajstić information content (AvgIpc) is 3.19. The Morgan fingerprint density at radius 3 is 2.54 bits per heavy atom. The third kappa shape index (κ3) is 6.46. The van der Waals surface area contributed by atoms with Gasteiger partial charge in [0.15, 0.2) is 0 Å². The quantitative estimate of drug-likeness (QED) is 0.341. The zero-order chi connectivity index (χ0) is 26.5. The summed E-state index contributed by atoms with van der Waals surface area (Å²) in [6, 6.07) is 3.41. The smallest absolute Gasteiger partial charge is 0.222 e. The zero-order valence-corrected chi connectivity index (χ0v) is 21.0. The van der Waals surface area contributed by atoms with Crippen LogP contribution in [0.15, 0.2) is 35.6 Å². The number of imidazole rings is 1. The number of rotatable bonds is 8. The van der Waals surface area contributed by atoms with E-state index in [2.05, 4.69) is 32.5 Å². The first-order valence-corrected chi connectivity index (χ1v) is 12.7. The maximum Gasteiger partial charge on any atom is 0.222 e. The maximum absolute atomic E-state index is 14.4. The van der Waals surface area contributed by atoms with Gasteiger partial charge in [-0.25, -0.2) is 18.8 Å². The molecule has 1 amide bonds. The lowest BCUT2D eigenvalue weighted by atomic mass is 9.85. The molecule has 1 aromatic heterocycles. The normalized spacial score (nSPS) is 24.1. The second-order valence-corrected chi connectivity index (χ2v) is 9.80. The van der Waals surface area contributed by atoms with Gasteiger partial charge >= 0.3 is 0 Å². The van der Waals surface area contributed by atoms with E-state index in [-0.39, 0.29) is 35.7 Å². The minimum absolute atomic E-state index is 0.0408. The number of hydrogen-bond acceptors (Lipinski definition) is 7. The van der Waals surface area contributed by atoms with Crippen molar-refractivity contribution in [2.75, 3.05) is 18.1 Å². The fourth-order valence-corrected chi connectivity index (χ4v) is 5.16. The number of aliphatic hydroxyl groups is 1. The molecule has 1 aromatic carbocycles. The fraction of sp³-hybridized carbons (Fsp3) is 0.500. The van der Waals surface area contributed by atoms with E-state index in [0.717, 1.165) is 31.7 Å². The SMILES string of the molecule is C=C(N=Cc1nc(Nc2ccc(F)cc2F)n(C2CCC(O)CC2)c1N)NC1CCC(C(=O)NC)CC1. The van der Waals surface area contributed by atoms with Crippen molar-refractivity contribution < 1.29 is 18.7 Å². The van der Waals surface area contributed by atoms with Crippen LogP contribution in [0, 0.1) is 17.6 Å². The Labute approximate surface area is 215 Å². The van der Waals surface area contributed by atoms with Crippen molar-refractivity contribution in [3.8, 4) is 0 Å². The van der Waals surface area contributed by atoms with Crippen LogP contribution in [0.4, 0.5) is 26.2 Å². The highest BCUT2D eigenvalue weighted by atomic mass is 19.1. The lowest BCUT2D eigenvalue weighted by molar-refractivity contribution is -0.125. The fourth-order valence-electron chi connectivity index (χ4n) is 5.16. The molecule has 200 valence electrons. The molecule has 37 heavy (non-hydrogen) atoms. The molecule has 9 nitrogen and oxygen atoms in total. The Morgan fingerprint density at radius 2 is 1.89 bits per heavy atom. The molecule has 2 aromatic rings. The molecule has 4 rings (SSSR count). The summed E-state index contributed by atoms with van der Waals surface area (Å²) in [5.41, 5.74) is 6.94. The molecule has 2 aliphatic carbocycles. The molecule has 0 spiro atoms. The van der Waals surface area contributed by atoms with Crippen molar-refractivity contribution in [2.24, 2.45) is 10.9 Å². The van der Waals surface area contributed by atoms with Crippen LogP contribution in [-0.2, 0) is 4.79 Å². The molecule has 0 bridgehead atoms. The van der Waals surface area contributed by atoms with Crippen molar-refractivity contribution in [1.29, 1.82) is 0 Å². The molecule has 2 aliphatic rings. The predicted octanol–water partition coefficient (Wildman–Crippen LogP) is 3.75. The number of amides is 1. The van der Waals surface area contributed by atoms with Crippen LogP contribution in [0.25, 0.3) is 0 Å². The molecule has 0 unspecified atom stereocenters. The number of nitrogen functional groups attached to an aromatic ring is 1. The highest BCUT2D eigenvalue weighted by molar-refractivity contribution is 5.85. The summed E-state index contributed by atoms with van der Waals surface area (Å²) in [4.78, 5) is 20.8. The van der Waals surface area contributed by atoms with Gasteiger partial charge in [0.1, 0.15) is 29.0 Å². The van der Waals surface area contributed by atoms with E-state index >= 15 is 0 Å². The summed E-state index contributed by atoms with van der Waals surface area (Å²) >= 11 is 0. The van der Waals surface area contributed by atoms with Gasteiger partial charge in [-0.15, -0.1) is 0 Å². The van der Waals surface area contributed by atoms with E-state index in [1.165, 1.54) is 18.3 Å². The standard InChI is InChI=1S/C26H35F2N7O2/c1-15(32-18-6-3-16(4-7-18)25(37)30-2)31-14-23-24(29)35(19-8-10-20(36)11-9-19)26(34-23)33-22-12-5-17(27)13-21(22)28/h5,12-14,16,18-20,32,36H,1,3-4,6-11,29H2,2H3,(H,30,37)(H,33,34). The van der Waals surface area contributed by atoms with Crippen molar-refractivity contribution in [1.82, 2.24) is 20.2 Å². The maximum atomic E-state index is 14.4. The van der Waals surface area contributed by atoms with Crippen LogP contribution in [0.5, 0.6) is 0 Å². The third-order valence-corrected chi connectivity index (χ3v) is 7.24. The van der Waals surface area contributed by atoms with Gasteiger partial charge in [0.25, 0.3) is 0 Å². The van der Waals surface area contributed by atoms with Crippen LogP contribution < -0.4 is 21.7 Å². The Kier molecular flexibility index (Phi) is 8.42. The lowest BCUT2D eigenvalue weighted by Crippen LogP contribution is -2.36. The van der Waals surface area contributed by atoms with E-state index < -0.39 is 11.6 Å². The molecule has 0 aliphatic heterocycles. The molecule has 0 atom stereocenters. The van der Waals surface area contributed by atoms with Gasteiger partial charge in [-0.2, -0.15) is 0 Å². The number of aromatic nitrogens is 2.